The van der Waals surface area contributed by atoms with E-state index in [0.29, 0.717) is 12.3 Å². The highest BCUT2D eigenvalue weighted by Crippen LogP contribution is 2.28. The molecule has 0 atom stereocenters. The van der Waals surface area contributed by atoms with Crippen molar-refractivity contribution >= 4 is 23.2 Å². The van der Waals surface area contributed by atoms with Crippen LogP contribution in [0.4, 0.5) is 5.69 Å². The molecular formula is C12H15ClN2O4. The largest absolute Gasteiger partial charge is 0.484 e. The van der Waals surface area contributed by atoms with Gasteiger partial charge in [-0.3, -0.25) is 14.9 Å². The van der Waals surface area contributed by atoms with E-state index in [4.69, 9.17) is 16.3 Å². The van der Waals surface area contributed by atoms with Crippen molar-refractivity contribution in [1.82, 2.24) is 5.32 Å². The summed E-state index contributed by atoms with van der Waals surface area (Å²) in [5.41, 5.74) is -0.193. The Hall–Kier alpha value is -1.82. The fraction of sp³-hybridized carbons (Fsp3) is 0.417. The molecule has 104 valence electrons. The quantitative estimate of drug-likeness (QED) is 0.474. The molecule has 1 aromatic rings. The lowest BCUT2D eigenvalue weighted by atomic mass is 10.3. The number of benzene rings is 1. The van der Waals surface area contributed by atoms with Gasteiger partial charge in [0.15, 0.2) is 6.61 Å². The molecule has 6 nitrogen and oxygen atoms in total. The fourth-order valence-electron chi connectivity index (χ4n) is 1.33. The van der Waals surface area contributed by atoms with E-state index in [9.17, 15) is 14.9 Å². The first-order chi connectivity index (χ1) is 9.04. The molecule has 1 rings (SSSR count). The summed E-state index contributed by atoms with van der Waals surface area (Å²) in [4.78, 5) is 21.4. The third-order valence-electron chi connectivity index (χ3n) is 2.34. The van der Waals surface area contributed by atoms with Crippen molar-refractivity contribution < 1.29 is 14.5 Å². The van der Waals surface area contributed by atoms with E-state index in [1.54, 1.807) is 0 Å². The third kappa shape index (κ3) is 5.13. The molecule has 0 radical (unpaired) electrons. The number of carbonyl (C=O) groups excluding carboxylic acids is 1. The first-order valence-electron chi connectivity index (χ1n) is 5.88. The maximum Gasteiger partial charge on any atom is 0.288 e. The summed E-state index contributed by atoms with van der Waals surface area (Å²) in [6.45, 7) is 2.50. The van der Waals surface area contributed by atoms with Gasteiger partial charge < -0.3 is 10.1 Å². The topological polar surface area (TPSA) is 81.5 Å². The van der Waals surface area contributed by atoms with Crippen molar-refractivity contribution in [1.29, 1.82) is 0 Å². The van der Waals surface area contributed by atoms with Crippen molar-refractivity contribution in [3.8, 4) is 5.75 Å². The Kier molecular flexibility index (Phi) is 6.08. The second kappa shape index (κ2) is 7.58. The predicted octanol–water partition coefficient (Wildman–Crippen LogP) is 2.54. The summed E-state index contributed by atoms with van der Waals surface area (Å²) in [5, 5.41) is 13.2. The van der Waals surface area contributed by atoms with E-state index in [2.05, 4.69) is 5.32 Å². The smallest absolute Gasteiger partial charge is 0.288 e. The molecule has 0 spiro atoms. The van der Waals surface area contributed by atoms with Crippen LogP contribution in [0.1, 0.15) is 19.8 Å². The van der Waals surface area contributed by atoms with Crippen LogP contribution in [0.5, 0.6) is 5.75 Å². The predicted molar refractivity (Wildman–Crippen MR) is 71.5 cm³/mol. The van der Waals surface area contributed by atoms with Crippen LogP contribution in [0.2, 0.25) is 5.02 Å². The van der Waals surface area contributed by atoms with E-state index < -0.39 is 4.92 Å². The number of rotatable bonds is 7. The number of halogens is 1. The van der Waals surface area contributed by atoms with E-state index in [1.165, 1.54) is 18.2 Å². The molecule has 0 unspecified atom stereocenters. The monoisotopic (exact) mass is 286 g/mol. The molecule has 0 saturated heterocycles. The van der Waals surface area contributed by atoms with Gasteiger partial charge in [-0.15, -0.1) is 0 Å². The number of hydrogen-bond acceptors (Lipinski definition) is 4. The maximum atomic E-state index is 11.4. The van der Waals surface area contributed by atoms with Gasteiger partial charge in [-0.2, -0.15) is 0 Å². The zero-order valence-corrected chi connectivity index (χ0v) is 11.3. The molecule has 0 fully saturated rings. The zero-order valence-electron chi connectivity index (χ0n) is 10.5. The van der Waals surface area contributed by atoms with Crippen LogP contribution in [0, 0.1) is 10.1 Å². The number of unbranched alkanes of at least 4 members (excludes halogenated alkanes) is 1. The van der Waals surface area contributed by atoms with Gasteiger partial charge in [0.1, 0.15) is 10.8 Å². The second-order valence-corrected chi connectivity index (χ2v) is 4.27. The molecule has 0 aliphatic carbocycles. The van der Waals surface area contributed by atoms with Crippen LogP contribution in [0.3, 0.4) is 0 Å². The summed E-state index contributed by atoms with van der Waals surface area (Å²) < 4.78 is 5.19. The lowest BCUT2D eigenvalue weighted by molar-refractivity contribution is -0.384. The summed E-state index contributed by atoms with van der Waals surface area (Å²) in [6.07, 6.45) is 1.91. The van der Waals surface area contributed by atoms with Crippen LogP contribution in [-0.4, -0.2) is 24.0 Å². The molecule has 0 bridgehead atoms. The molecular weight excluding hydrogens is 272 g/mol. The number of ether oxygens (including phenoxy) is 1. The van der Waals surface area contributed by atoms with Gasteiger partial charge in [-0.1, -0.05) is 24.9 Å². The summed E-state index contributed by atoms with van der Waals surface area (Å²) in [6, 6.07) is 3.97. The molecule has 1 N–H and O–H groups in total. The van der Waals surface area contributed by atoms with Gasteiger partial charge in [0, 0.05) is 18.7 Å². The summed E-state index contributed by atoms with van der Waals surface area (Å²) in [5.74, 6) is 0.0872. The van der Waals surface area contributed by atoms with Crippen molar-refractivity contribution in [2.45, 2.75) is 19.8 Å². The summed E-state index contributed by atoms with van der Waals surface area (Å²) in [7, 11) is 0. The number of hydrogen-bond donors (Lipinski definition) is 1. The number of nitrogens with one attached hydrogen (secondary N) is 1. The Morgan fingerprint density at radius 2 is 2.26 bits per heavy atom. The SMILES string of the molecule is CCCCNC(=O)COc1ccc([N+](=O)[O-])c(Cl)c1. The molecule has 1 amide bonds. The highest BCUT2D eigenvalue weighted by Gasteiger charge is 2.13. The standard InChI is InChI=1S/C12H15ClN2O4/c1-2-3-6-14-12(16)8-19-9-4-5-11(15(17)18)10(13)7-9/h4-5,7H,2-3,6,8H2,1H3,(H,14,16). The number of nitro benzene ring substituents is 1. The summed E-state index contributed by atoms with van der Waals surface area (Å²) >= 11 is 5.72. The van der Waals surface area contributed by atoms with Crippen molar-refractivity contribution in [2.75, 3.05) is 13.2 Å². The van der Waals surface area contributed by atoms with Crippen LogP contribution in [0.25, 0.3) is 0 Å². The molecule has 0 aliphatic rings. The lowest BCUT2D eigenvalue weighted by Crippen LogP contribution is -2.29. The average Bonchev–Trinajstić information content (AvgIpc) is 2.36. The highest BCUT2D eigenvalue weighted by molar-refractivity contribution is 6.32. The molecule has 0 saturated carbocycles. The van der Waals surface area contributed by atoms with Gasteiger partial charge in [0.05, 0.1) is 4.92 Å². The number of amides is 1. The molecule has 7 heteroatoms. The van der Waals surface area contributed by atoms with E-state index in [1.807, 2.05) is 6.92 Å². The molecule has 0 aliphatic heterocycles. The van der Waals surface area contributed by atoms with Crippen LogP contribution in [0.15, 0.2) is 18.2 Å². The highest BCUT2D eigenvalue weighted by atomic mass is 35.5. The molecule has 0 aromatic heterocycles. The second-order valence-electron chi connectivity index (χ2n) is 3.86. The van der Waals surface area contributed by atoms with E-state index >= 15 is 0 Å². The van der Waals surface area contributed by atoms with Gasteiger partial charge in [-0.05, 0) is 12.5 Å². The van der Waals surface area contributed by atoms with Gasteiger partial charge >= 0.3 is 0 Å². The Labute approximate surface area is 115 Å². The first kappa shape index (κ1) is 15.2. The van der Waals surface area contributed by atoms with Crippen LogP contribution < -0.4 is 10.1 Å². The van der Waals surface area contributed by atoms with Crippen molar-refractivity contribution in [3.05, 3.63) is 33.3 Å². The molecule has 0 heterocycles. The van der Waals surface area contributed by atoms with Gasteiger partial charge in [0.2, 0.25) is 0 Å². The Balaban J connectivity index is 2.48. The average molecular weight is 287 g/mol. The van der Waals surface area contributed by atoms with Crippen LogP contribution in [-0.2, 0) is 4.79 Å². The lowest BCUT2D eigenvalue weighted by Gasteiger charge is -2.07. The first-order valence-corrected chi connectivity index (χ1v) is 6.25. The van der Waals surface area contributed by atoms with Crippen LogP contribution >= 0.6 is 11.6 Å². The normalized spacial score (nSPS) is 10.0. The molecule has 19 heavy (non-hydrogen) atoms. The van der Waals surface area contributed by atoms with Gasteiger partial charge in [0.25, 0.3) is 11.6 Å². The maximum absolute atomic E-state index is 11.4. The minimum atomic E-state index is -0.580. The Morgan fingerprint density at radius 3 is 2.84 bits per heavy atom. The fourth-order valence-corrected chi connectivity index (χ4v) is 1.57. The zero-order chi connectivity index (χ0) is 14.3. The molecule has 1 aromatic carbocycles. The number of nitrogens with zero attached hydrogens (tertiary/aromatic N) is 1. The van der Waals surface area contributed by atoms with E-state index in [0.717, 1.165) is 12.8 Å². The van der Waals surface area contributed by atoms with Crippen molar-refractivity contribution in [2.24, 2.45) is 0 Å². The third-order valence-corrected chi connectivity index (χ3v) is 2.64. The minimum Gasteiger partial charge on any atom is -0.484 e. The number of carbonyl (C=O) groups is 1. The Morgan fingerprint density at radius 1 is 1.53 bits per heavy atom. The van der Waals surface area contributed by atoms with Gasteiger partial charge in [-0.25, -0.2) is 0 Å². The Bertz CT molecular complexity index is 465. The van der Waals surface area contributed by atoms with Crippen molar-refractivity contribution in [3.63, 3.8) is 0 Å². The number of nitro groups is 1. The van der Waals surface area contributed by atoms with E-state index in [-0.39, 0.29) is 23.2 Å². The minimum absolute atomic E-state index is 0.0195.